The second-order valence-corrected chi connectivity index (χ2v) is 6.72. The summed E-state index contributed by atoms with van der Waals surface area (Å²) in [6, 6.07) is 2.13. The molecule has 5 unspecified atom stereocenters. The number of nitrogens with zero attached hydrogens (tertiary/aromatic N) is 1. The Labute approximate surface area is 117 Å². The van der Waals surface area contributed by atoms with Gasteiger partial charge in [0.25, 0.3) is 0 Å². The predicted octanol–water partition coefficient (Wildman–Crippen LogP) is 0.358. The van der Waals surface area contributed by atoms with Crippen LogP contribution < -0.4 is 5.73 Å². The quantitative estimate of drug-likeness (QED) is 0.748. The molecule has 2 bridgehead atoms. The molecule has 1 aliphatic heterocycles. The van der Waals surface area contributed by atoms with Gasteiger partial charge in [0.05, 0.1) is 11.5 Å². The van der Waals surface area contributed by atoms with Crippen molar-refractivity contribution in [2.24, 2.45) is 28.4 Å². The molecule has 0 radical (unpaired) electrons. The van der Waals surface area contributed by atoms with Gasteiger partial charge in [-0.15, -0.1) is 0 Å². The Bertz CT molecular complexity index is 524. The minimum absolute atomic E-state index is 0.0358. The third-order valence-corrected chi connectivity index (χ3v) is 5.07. The van der Waals surface area contributed by atoms with Gasteiger partial charge < -0.3 is 15.2 Å². The van der Waals surface area contributed by atoms with Gasteiger partial charge in [-0.1, -0.05) is 0 Å². The second kappa shape index (κ2) is 3.95. The number of rotatable bonds is 3. The minimum Gasteiger partial charge on any atom is -0.458 e. The molecule has 3 aliphatic rings. The Kier molecular flexibility index (Phi) is 2.64. The van der Waals surface area contributed by atoms with Crippen LogP contribution in [0.2, 0.25) is 0 Å². The van der Waals surface area contributed by atoms with Gasteiger partial charge in [-0.2, -0.15) is 5.26 Å². The lowest BCUT2D eigenvalue weighted by molar-refractivity contribution is -0.169. The molecule has 0 spiro atoms. The van der Waals surface area contributed by atoms with Gasteiger partial charge in [-0.25, -0.2) is 0 Å². The number of hydrogen-bond donors (Lipinski definition) is 1. The van der Waals surface area contributed by atoms with E-state index < -0.39 is 29.0 Å². The van der Waals surface area contributed by atoms with Crippen LogP contribution in [-0.4, -0.2) is 30.7 Å². The monoisotopic (exact) mass is 278 g/mol. The molecule has 0 aromatic heterocycles. The van der Waals surface area contributed by atoms with Crippen molar-refractivity contribution >= 4 is 11.9 Å². The first-order valence-electron chi connectivity index (χ1n) is 6.89. The molecule has 0 aromatic carbocycles. The van der Waals surface area contributed by atoms with Crippen molar-refractivity contribution in [2.45, 2.75) is 38.9 Å². The van der Waals surface area contributed by atoms with Gasteiger partial charge >= 0.3 is 11.9 Å². The number of carbonyl (C=O) groups is 2. The lowest BCUT2D eigenvalue weighted by Crippen LogP contribution is -2.43. The van der Waals surface area contributed by atoms with E-state index in [1.807, 2.05) is 0 Å². The highest BCUT2D eigenvalue weighted by Crippen LogP contribution is 2.62. The van der Waals surface area contributed by atoms with Crippen LogP contribution in [0.25, 0.3) is 0 Å². The highest BCUT2D eigenvalue weighted by Gasteiger charge is 2.72. The van der Waals surface area contributed by atoms with Gasteiger partial charge in [0.1, 0.15) is 12.2 Å². The lowest BCUT2D eigenvalue weighted by atomic mass is 9.74. The standard InChI is InChI=1S/C14H18N2O4/c1-13(2,5-15)11(17)19-9-7-3-8-10(9)20-12(18)14(8,4-7)6-16/h7-10H,3-5,15H2,1-2H3. The number of hydrogen-bond acceptors (Lipinski definition) is 6. The van der Waals surface area contributed by atoms with Gasteiger partial charge in [0.15, 0.2) is 5.41 Å². The molecule has 6 heteroatoms. The van der Waals surface area contributed by atoms with Crippen LogP contribution in [0.15, 0.2) is 0 Å². The van der Waals surface area contributed by atoms with Crippen molar-refractivity contribution in [1.29, 1.82) is 5.26 Å². The summed E-state index contributed by atoms with van der Waals surface area (Å²) >= 11 is 0. The number of ether oxygens (including phenoxy) is 2. The van der Waals surface area contributed by atoms with E-state index in [2.05, 4.69) is 6.07 Å². The van der Waals surface area contributed by atoms with E-state index in [4.69, 9.17) is 15.2 Å². The molecule has 1 saturated heterocycles. The first kappa shape index (κ1) is 13.4. The third-order valence-electron chi connectivity index (χ3n) is 5.07. The molecule has 5 atom stereocenters. The largest absolute Gasteiger partial charge is 0.458 e. The number of nitrogens with two attached hydrogens (primary N) is 1. The maximum Gasteiger partial charge on any atom is 0.327 e. The highest BCUT2D eigenvalue weighted by atomic mass is 16.6. The number of fused-ring (bicyclic) bond motifs is 1. The molecule has 6 nitrogen and oxygen atoms in total. The van der Waals surface area contributed by atoms with Crippen molar-refractivity contribution in [3.8, 4) is 6.07 Å². The normalized spacial score (nSPS) is 41.4. The molecular weight excluding hydrogens is 260 g/mol. The summed E-state index contributed by atoms with van der Waals surface area (Å²) in [5, 5.41) is 9.30. The molecule has 2 N–H and O–H groups in total. The smallest absolute Gasteiger partial charge is 0.327 e. The average molecular weight is 278 g/mol. The van der Waals surface area contributed by atoms with Crippen LogP contribution >= 0.6 is 0 Å². The van der Waals surface area contributed by atoms with Crippen molar-refractivity contribution in [2.75, 3.05) is 6.54 Å². The fourth-order valence-electron chi connectivity index (χ4n) is 3.65. The molecule has 1 heterocycles. The van der Waals surface area contributed by atoms with Crippen molar-refractivity contribution in [3.05, 3.63) is 0 Å². The van der Waals surface area contributed by atoms with Crippen LogP contribution in [0, 0.1) is 34.0 Å². The fraction of sp³-hybridized carbons (Fsp3) is 0.786. The van der Waals surface area contributed by atoms with Gasteiger partial charge in [0.2, 0.25) is 0 Å². The molecular formula is C14H18N2O4. The van der Waals surface area contributed by atoms with Crippen molar-refractivity contribution < 1.29 is 19.1 Å². The average Bonchev–Trinajstić information content (AvgIpc) is 3.00. The van der Waals surface area contributed by atoms with E-state index >= 15 is 0 Å². The van der Waals surface area contributed by atoms with Gasteiger partial charge in [0, 0.05) is 18.4 Å². The van der Waals surface area contributed by atoms with Crippen LogP contribution in [0.5, 0.6) is 0 Å². The van der Waals surface area contributed by atoms with E-state index in [9.17, 15) is 14.9 Å². The molecule has 20 heavy (non-hydrogen) atoms. The lowest BCUT2D eigenvalue weighted by Gasteiger charge is -2.30. The van der Waals surface area contributed by atoms with E-state index in [1.165, 1.54) is 0 Å². The van der Waals surface area contributed by atoms with Crippen molar-refractivity contribution in [1.82, 2.24) is 0 Å². The summed E-state index contributed by atoms with van der Waals surface area (Å²) in [4.78, 5) is 24.1. The van der Waals surface area contributed by atoms with Crippen LogP contribution in [0.3, 0.4) is 0 Å². The zero-order valence-corrected chi connectivity index (χ0v) is 11.6. The topological polar surface area (TPSA) is 102 Å². The third kappa shape index (κ3) is 1.47. The van der Waals surface area contributed by atoms with Crippen LogP contribution in [0.4, 0.5) is 0 Å². The highest BCUT2D eigenvalue weighted by molar-refractivity contribution is 5.84. The number of carbonyl (C=O) groups excluding carboxylic acids is 2. The Morgan fingerprint density at radius 2 is 2.35 bits per heavy atom. The SMILES string of the molecule is CC(C)(CN)C(=O)OC1C2CC3C1OC(=O)C3(C#N)C2. The summed E-state index contributed by atoms with van der Waals surface area (Å²) in [6.07, 6.45) is 0.264. The summed E-state index contributed by atoms with van der Waals surface area (Å²) in [7, 11) is 0. The molecule has 3 fully saturated rings. The Hall–Kier alpha value is -1.61. The maximum atomic E-state index is 12.1. The summed E-state index contributed by atoms with van der Waals surface area (Å²) in [6.45, 7) is 3.64. The first-order valence-corrected chi connectivity index (χ1v) is 6.89. The summed E-state index contributed by atoms with van der Waals surface area (Å²) in [5.41, 5.74) is 3.82. The summed E-state index contributed by atoms with van der Waals surface area (Å²) in [5.74, 6) is -0.922. The molecule has 108 valence electrons. The van der Waals surface area contributed by atoms with Gasteiger partial charge in [-0.3, -0.25) is 9.59 Å². The number of nitriles is 1. The van der Waals surface area contributed by atoms with Crippen LogP contribution in [-0.2, 0) is 19.1 Å². The molecule has 0 amide bonds. The Morgan fingerprint density at radius 1 is 1.65 bits per heavy atom. The second-order valence-electron chi connectivity index (χ2n) is 6.72. The van der Waals surface area contributed by atoms with E-state index in [0.29, 0.717) is 12.8 Å². The number of esters is 2. The molecule has 2 aliphatic carbocycles. The maximum absolute atomic E-state index is 12.1. The molecule has 2 saturated carbocycles. The Morgan fingerprint density at radius 3 is 2.95 bits per heavy atom. The van der Waals surface area contributed by atoms with E-state index in [0.717, 1.165) is 0 Å². The van der Waals surface area contributed by atoms with Gasteiger partial charge in [-0.05, 0) is 26.7 Å². The predicted molar refractivity (Wildman–Crippen MR) is 66.9 cm³/mol. The zero-order chi connectivity index (χ0) is 14.7. The first-order chi connectivity index (χ1) is 9.35. The molecule has 0 aromatic rings. The summed E-state index contributed by atoms with van der Waals surface area (Å²) < 4.78 is 10.9. The Balaban J connectivity index is 1.80. The zero-order valence-electron chi connectivity index (χ0n) is 11.6. The van der Waals surface area contributed by atoms with Crippen LogP contribution in [0.1, 0.15) is 26.7 Å². The van der Waals surface area contributed by atoms with E-state index in [1.54, 1.807) is 13.8 Å². The fourth-order valence-corrected chi connectivity index (χ4v) is 3.65. The molecule has 3 rings (SSSR count). The van der Waals surface area contributed by atoms with E-state index in [-0.39, 0.29) is 24.3 Å². The minimum atomic E-state index is -0.998. The van der Waals surface area contributed by atoms with Crippen molar-refractivity contribution in [3.63, 3.8) is 0 Å².